The van der Waals surface area contributed by atoms with E-state index < -0.39 is 0 Å². The minimum atomic E-state index is -0.347. The first-order valence-corrected chi connectivity index (χ1v) is 9.44. The second kappa shape index (κ2) is 7.53. The molecule has 1 unspecified atom stereocenters. The van der Waals surface area contributed by atoms with E-state index in [-0.39, 0.29) is 17.2 Å². The molecule has 0 aliphatic heterocycles. The maximum Gasteiger partial charge on any atom is 0.225 e. The molecule has 2 aromatic carbocycles. The number of hydrogen-bond donors (Lipinski definition) is 1. The second-order valence-electron chi connectivity index (χ2n) is 8.43. The van der Waals surface area contributed by atoms with Crippen LogP contribution in [0.4, 0.5) is 0 Å². The van der Waals surface area contributed by atoms with Crippen molar-refractivity contribution in [3.63, 3.8) is 0 Å². The third-order valence-electron chi connectivity index (χ3n) is 5.05. The van der Waals surface area contributed by atoms with E-state index in [2.05, 4.69) is 45.0 Å². The monoisotopic (exact) mass is 351 g/mol. The molecule has 0 radical (unpaired) electrons. The average Bonchev–Trinajstić information content (AvgIpc) is 3.42. The lowest BCUT2D eigenvalue weighted by atomic mass is 9.85. The van der Waals surface area contributed by atoms with E-state index >= 15 is 0 Å². The van der Waals surface area contributed by atoms with Gasteiger partial charge >= 0.3 is 0 Å². The molecule has 0 heterocycles. The van der Waals surface area contributed by atoms with Crippen molar-refractivity contribution in [3.8, 4) is 5.75 Å². The van der Waals surface area contributed by atoms with Crippen LogP contribution in [0.2, 0.25) is 0 Å². The number of carbonyl (C=O) groups is 1. The van der Waals surface area contributed by atoms with Gasteiger partial charge < -0.3 is 10.5 Å². The van der Waals surface area contributed by atoms with Crippen LogP contribution in [-0.4, -0.2) is 12.5 Å². The van der Waals surface area contributed by atoms with Crippen molar-refractivity contribution >= 4 is 5.91 Å². The first kappa shape index (κ1) is 18.5. The normalized spacial score (nSPS) is 15.5. The lowest BCUT2D eigenvalue weighted by Crippen LogP contribution is -2.23. The van der Waals surface area contributed by atoms with Crippen LogP contribution in [0.5, 0.6) is 5.75 Å². The summed E-state index contributed by atoms with van der Waals surface area (Å²) < 4.78 is 5.85. The van der Waals surface area contributed by atoms with Crippen LogP contribution < -0.4 is 10.5 Å². The highest BCUT2D eigenvalue weighted by Gasteiger charge is 2.23. The maximum atomic E-state index is 12.1. The van der Waals surface area contributed by atoms with Crippen molar-refractivity contribution in [2.45, 2.75) is 51.4 Å². The molecule has 2 aromatic rings. The van der Waals surface area contributed by atoms with Crippen molar-refractivity contribution in [2.75, 3.05) is 6.61 Å². The van der Waals surface area contributed by atoms with Gasteiger partial charge in [0.05, 0.1) is 12.5 Å². The smallest absolute Gasteiger partial charge is 0.225 e. The first-order valence-electron chi connectivity index (χ1n) is 9.44. The van der Waals surface area contributed by atoms with Crippen molar-refractivity contribution in [1.29, 1.82) is 0 Å². The van der Waals surface area contributed by atoms with Crippen molar-refractivity contribution in [2.24, 2.45) is 11.7 Å². The minimum Gasteiger partial charge on any atom is -0.493 e. The number of benzene rings is 2. The van der Waals surface area contributed by atoms with Gasteiger partial charge in [0.15, 0.2) is 0 Å². The average molecular weight is 351 g/mol. The Balaban J connectivity index is 1.74. The summed E-state index contributed by atoms with van der Waals surface area (Å²) in [6.45, 7) is 7.35. The van der Waals surface area contributed by atoms with Crippen molar-refractivity contribution in [3.05, 3.63) is 65.2 Å². The third kappa shape index (κ3) is 4.87. The van der Waals surface area contributed by atoms with Gasteiger partial charge in [-0.25, -0.2) is 0 Å². The zero-order chi connectivity index (χ0) is 18.7. The number of carbonyl (C=O) groups excluding carboxylic acids is 1. The van der Waals surface area contributed by atoms with Gasteiger partial charge in [-0.1, -0.05) is 57.2 Å². The fourth-order valence-corrected chi connectivity index (χ4v) is 3.08. The Labute approximate surface area is 156 Å². The van der Waals surface area contributed by atoms with E-state index in [1.807, 2.05) is 24.3 Å². The summed E-state index contributed by atoms with van der Waals surface area (Å²) in [4.78, 5) is 12.1. The van der Waals surface area contributed by atoms with Gasteiger partial charge in [-0.15, -0.1) is 0 Å². The molecule has 3 rings (SSSR count). The number of rotatable bonds is 7. The number of amides is 1. The minimum absolute atomic E-state index is 0.120. The molecule has 0 spiro atoms. The van der Waals surface area contributed by atoms with E-state index in [1.54, 1.807) is 0 Å². The summed E-state index contributed by atoms with van der Waals surface area (Å²) >= 11 is 0. The van der Waals surface area contributed by atoms with Crippen molar-refractivity contribution in [1.82, 2.24) is 0 Å². The SMILES string of the molecule is CC(C)(C)c1ccc(CC(C(N)=O)c2cccc(OCC3CC3)c2)cc1. The Morgan fingerprint density at radius 1 is 1.15 bits per heavy atom. The summed E-state index contributed by atoms with van der Waals surface area (Å²) in [5, 5.41) is 0. The van der Waals surface area contributed by atoms with E-state index in [1.165, 1.54) is 18.4 Å². The van der Waals surface area contributed by atoms with Gasteiger partial charge in [0.25, 0.3) is 0 Å². The van der Waals surface area contributed by atoms with E-state index in [0.717, 1.165) is 23.5 Å². The second-order valence-corrected chi connectivity index (χ2v) is 8.43. The summed E-state index contributed by atoms with van der Waals surface area (Å²) in [5.74, 6) is 0.875. The van der Waals surface area contributed by atoms with Crippen LogP contribution in [0.15, 0.2) is 48.5 Å². The summed E-state index contributed by atoms with van der Waals surface area (Å²) in [5.41, 5.74) is 9.16. The van der Waals surface area contributed by atoms with Gasteiger partial charge in [0.2, 0.25) is 5.91 Å². The van der Waals surface area contributed by atoms with Gasteiger partial charge in [-0.05, 0) is 59.4 Å². The lowest BCUT2D eigenvalue weighted by Gasteiger charge is -2.20. The van der Waals surface area contributed by atoms with Gasteiger partial charge in [0.1, 0.15) is 5.75 Å². The maximum absolute atomic E-state index is 12.1. The highest BCUT2D eigenvalue weighted by Crippen LogP contribution is 2.31. The Kier molecular flexibility index (Phi) is 5.36. The highest BCUT2D eigenvalue weighted by atomic mass is 16.5. The molecule has 0 aromatic heterocycles. The van der Waals surface area contributed by atoms with Crippen molar-refractivity contribution < 1.29 is 9.53 Å². The summed E-state index contributed by atoms with van der Waals surface area (Å²) in [6.07, 6.45) is 3.12. The van der Waals surface area contributed by atoms with Crippen LogP contribution in [0, 0.1) is 5.92 Å². The van der Waals surface area contributed by atoms with E-state index in [4.69, 9.17) is 10.5 Å². The van der Waals surface area contributed by atoms with Crippen LogP contribution in [-0.2, 0) is 16.6 Å². The third-order valence-corrected chi connectivity index (χ3v) is 5.05. The van der Waals surface area contributed by atoms with Gasteiger partial charge in [-0.3, -0.25) is 4.79 Å². The van der Waals surface area contributed by atoms with Crippen LogP contribution in [0.25, 0.3) is 0 Å². The molecule has 0 saturated heterocycles. The molecular weight excluding hydrogens is 322 g/mol. The fourth-order valence-electron chi connectivity index (χ4n) is 3.08. The molecule has 3 nitrogen and oxygen atoms in total. The number of nitrogens with two attached hydrogens (primary N) is 1. The van der Waals surface area contributed by atoms with Gasteiger partial charge in [0, 0.05) is 0 Å². The molecule has 1 fully saturated rings. The summed E-state index contributed by atoms with van der Waals surface area (Å²) in [6, 6.07) is 16.3. The zero-order valence-electron chi connectivity index (χ0n) is 16.0. The predicted octanol–water partition coefficient (Wildman–Crippen LogP) is 4.58. The Morgan fingerprint density at radius 3 is 2.42 bits per heavy atom. The largest absolute Gasteiger partial charge is 0.493 e. The number of hydrogen-bond acceptors (Lipinski definition) is 2. The van der Waals surface area contributed by atoms with Crippen LogP contribution in [0.1, 0.15) is 56.2 Å². The van der Waals surface area contributed by atoms with Crippen LogP contribution in [0.3, 0.4) is 0 Å². The highest BCUT2D eigenvalue weighted by molar-refractivity contribution is 5.82. The number of primary amides is 1. The molecular formula is C23H29NO2. The molecule has 3 heteroatoms. The molecule has 0 bridgehead atoms. The van der Waals surface area contributed by atoms with Gasteiger partial charge in [-0.2, -0.15) is 0 Å². The molecule has 2 N–H and O–H groups in total. The Morgan fingerprint density at radius 2 is 1.85 bits per heavy atom. The fraction of sp³-hybridized carbons (Fsp3) is 0.435. The van der Waals surface area contributed by atoms with Crippen LogP contribution >= 0.6 is 0 Å². The Bertz CT molecular complexity index is 755. The first-order chi connectivity index (χ1) is 12.3. The molecule has 1 atom stereocenters. The molecule has 1 saturated carbocycles. The lowest BCUT2D eigenvalue weighted by molar-refractivity contribution is -0.119. The number of ether oxygens (including phenoxy) is 1. The quantitative estimate of drug-likeness (QED) is 0.793. The molecule has 1 amide bonds. The zero-order valence-corrected chi connectivity index (χ0v) is 16.0. The topological polar surface area (TPSA) is 52.3 Å². The van der Waals surface area contributed by atoms with E-state index in [9.17, 15) is 4.79 Å². The Hall–Kier alpha value is -2.29. The van der Waals surface area contributed by atoms with E-state index in [0.29, 0.717) is 12.3 Å². The molecule has 26 heavy (non-hydrogen) atoms. The standard InChI is InChI=1S/C23H29NO2/c1-23(2,3)19-11-9-16(10-12-19)13-21(22(24)25)18-5-4-6-20(14-18)26-15-17-7-8-17/h4-6,9-12,14,17,21H,7-8,13,15H2,1-3H3,(H2,24,25). The molecule has 138 valence electrons. The predicted molar refractivity (Wildman–Crippen MR) is 105 cm³/mol. The summed E-state index contributed by atoms with van der Waals surface area (Å²) in [7, 11) is 0. The molecule has 1 aliphatic carbocycles. The molecule has 1 aliphatic rings.